The summed E-state index contributed by atoms with van der Waals surface area (Å²) in [7, 11) is 1.57. The van der Waals surface area contributed by atoms with Crippen molar-refractivity contribution in [1.29, 1.82) is 0 Å². The van der Waals surface area contributed by atoms with E-state index < -0.39 is 16.8 Å². The van der Waals surface area contributed by atoms with E-state index in [1.165, 1.54) is 10.9 Å². The zero-order valence-corrected chi connectivity index (χ0v) is 12.1. The molecule has 0 fully saturated rings. The molecule has 112 valence electrons. The Bertz CT molecular complexity index is 504. The fourth-order valence-corrected chi connectivity index (χ4v) is 1.94. The quantitative estimate of drug-likeness (QED) is 0.609. The van der Waals surface area contributed by atoms with Gasteiger partial charge in [0.1, 0.15) is 6.20 Å². The van der Waals surface area contributed by atoms with Crippen LogP contribution in [0, 0.1) is 21.4 Å². The maximum Gasteiger partial charge on any atom is 0.330 e. The Morgan fingerprint density at radius 2 is 2.20 bits per heavy atom. The van der Waals surface area contributed by atoms with Crippen LogP contribution in [0.4, 0.5) is 11.5 Å². The summed E-state index contributed by atoms with van der Waals surface area (Å²) < 4.78 is 1.32. The van der Waals surface area contributed by atoms with Crippen LogP contribution in [-0.4, -0.2) is 32.3 Å². The molecule has 1 aromatic rings. The van der Waals surface area contributed by atoms with Crippen molar-refractivity contribution in [3.63, 3.8) is 0 Å². The van der Waals surface area contributed by atoms with Gasteiger partial charge in [-0.3, -0.25) is 19.6 Å². The highest BCUT2D eigenvalue weighted by molar-refractivity contribution is 5.71. The van der Waals surface area contributed by atoms with Gasteiger partial charge in [-0.1, -0.05) is 20.8 Å². The minimum absolute atomic E-state index is 0.0951. The Hall–Kier alpha value is -2.12. The van der Waals surface area contributed by atoms with Gasteiger partial charge in [-0.25, -0.2) is 0 Å². The summed E-state index contributed by atoms with van der Waals surface area (Å²) in [4.78, 5) is 21.5. The lowest BCUT2D eigenvalue weighted by Gasteiger charge is -2.23. The third-order valence-electron chi connectivity index (χ3n) is 2.73. The third-order valence-corrected chi connectivity index (χ3v) is 2.73. The van der Waals surface area contributed by atoms with Crippen molar-refractivity contribution in [3.05, 3.63) is 16.3 Å². The molecule has 8 heteroatoms. The van der Waals surface area contributed by atoms with Crippen LogP contribution in [0.1, 0.15) is 27.2 Å². The number of hydrogen-bond acceptors (Lipinski definition) is 5. The summed E-state index contributed by atoms with van der Waals surface area (Å²) in [5.74, 6) is -1.46. The first-order valence-corrected chi connectivity index (χ1v) is 6.25. The first-order chi connectivity index (χ1) is 9.10. The van der Waals surface area contributed by atoms with E-state index in [0.717, 1.165) is 0 Å². The molecule has 1 unspecified atom stereocenters. The topological polar surface area (TPSA) is 110 Å². The lowest BCUT2D eigenvalue weighted by atomic mass is 9.84. The fraction of sp³-hybridized carbons (Fsp3) is 0.667. The number of carboxylic acids is 1. The maximum atomic E-state index is 11.2. The predicted molar refractivity (Wildman–Crippen MR) is 73.5 cm³/mol. The zero-order valence-electron chi connectivity index (χ0n) is 12.1. The van der Waals surface area contributed by atoms with Gasteiger partial charge in [0.25, 0.3) is 0 Å². The molecule has 2 N–H and O–H groups in total. The first kappa shape index (κ1) is 15.9. The minimum atomic E-state index is -0.925. The number of aliphatic carboxylic acids is 1. The first-order valence-electron chi connectivity index (χ1n) is 6.25. The molecule has 0 aliphatic rings. The number of carbonyl (C=O) groups is 1. The van der Waals surface area contributed by atoms with Gasteiger partial charge in [-0.2, -0.15) is 0 Å². The van der Waals surface area contributed by atoms with Crippen LogP contribution >= 0.6 is 0 Å². The van der Waals surface area contributed by atoms with Crippen LogP contribution in [0.5, 0.6) is 0 Å². The molecule has 8 nitrogen and oxygen atoms in total. The van der Waals surface area contributed by atoms with Gasteiger partial charge in [0.05, 0.1) is 10.8 Å². The molecule has 0 spiro atoms. The van der Waals surface area contributed by atoms with E-state index in [1.54, 1.807) is 7.05 Å². The van der Waals surface area contributed by atoms with Crippen LogP contribution in [0.3, 0.4) is 0 Å². The summed E-state index contributed by atoms with van der Waals surface area (Å²) in [5, 5.41) is 26.7. The SMILES string of the molecule is Cn1cc([N+](=O)[O-])c(NCC(CC(C)(C)C)C(=O)O)n1. The molecule has 0 radical (unpaired) electrons. The number of hydrogen-bond donors (Lipinski definition) is 2. The van der Waals surface area contributed by atoms with Crippen LogP contribution in [0.25, 0.3) is 0 Å². The highest BCUT2D eigenvalue weighted by Crippen LogP contribution is 2.26. The summed E-state index contributed by atoms with van der Waals surface area (Å²) in [6.07, 6.45) is 1.75. The monoisotopic (exact) mass is 284 g/mol. The number of rotatable bonds is 6. The Morgan fingerprint density at radius 1 is 1.60 bits per heavy atom. The van der Waals surface area contributed by atoms with Crippen molar-refractivity contribution in [1.82, 2.24) is 9.78 Å². The second-order valence-corrected chi connectivity index (χ2v) is 5.97. The standard InChI is InChI=1S/C12H20N4O4/c1-12(2,3)5-8(11(17)18)6-13-10-9(16(19)20)7-15(4)14-10/h7-8H,5-6H2,1-4H3,(H,13,14)(H,17,18). The fourth-order valence-electron chi connectivity index (χ4n) is 1.94. The van der Waals surface area contributed by atoms with Crippen LogP contribution in [0.15, 0.2) is 6.20 Å². The number of anilines is 1. The molecule has 1 aromatic heterocycles. The van der Waals surface area contributed by atoms with E-state index in [2.05, 4.69) is 10.4 Å². The van der Waals surface area contributed by atoms with Gasteiger partial charge in [0, 0.05) is 13.6 Å². The average molecular weight is 284 g/mol. The number of aryl methyl sites for hydroxylation is 1. The highest BCUT2D eigenvalue weighted by Gasteiger charge is 2.26. The van der Waals surface area contributed by atoms with Gasteiger partial charge in [-0.05, 0) is 11.8 Å². The molecule has 0 aromatic carbocycles. The Balaban J connectivity index is 2.78. The molecular weight excluding hydrogens is 264 g/mol. The van der Waals surface area contributed by atoms with Crippen molar-refractivity contribution in [2.75, 3.05) is 11.9 Å². The smallest absolute Gasteiger partial charge is 0.330 e. The number of aromatic nitrogens is 2. The Kier molecular flexibility index (Phi) is 4.69. The Morgan fingerprint density at radius 3 is 2.65 bits per heavy atom. The van der Waals surface area contributed by atoms with Crippen molar-refractivity contribution in [2.45, 2.75) is 27.2 Å². The molecule has 1 atom stereocenters. The van der Waals surface area contributed by atoms with Gasteiger partial charge < -0.3 is 10.4 Å². The van der Waals surface area contributed by atoms with Crippen molar-refractivity contribution in [2.24, 2.45) is 18.4 Å². The van der Waals surface area contributed by atoms with Gasteiger partial charge in [-0.15, -0.1) is 5.10 Å². The Labute approximate surface area is 116 Å². The minimum Gasteiger partial charge on any atom is -0.481 e. The second kappa shape index (κ2) is 5.89. The average Bonchev–Trinajstić information content (AvgIpc) is 2.64. The lowest BCUT2D eigenvalue weighted by Crippen LogP contribution is -2.27. The van der Waals surface area contributed by atoms with Crippen molar-refractivity contribution in [3.8, 4) is 0 Å². The van der Waals surface area contributed by atoms with E-state index in [9.17, 15) is 20.0 Å². The van der Waals surface area contributed by atoms with Crippen molar-refractivity contribution >= 4 is 17.5 Å². The molecule has 0 amide bonds. The zero-order chi connectivity index (χ0) is 15.5. The molecule has 0 bridgehead atoms. The summed E-state index contributed by atoms with van der Waals surface area (Å²) in [5.41, 5.74) is -0.298. The second-order valence-electron chi connectivity index (χ2n) is 5.97. The van der Waals surface area contributed by atoms with E-state index >= 15 is 0 Å². The number of carboxylic acid groups (broad SMARTS) is 1. The summed E-state index contributed by atoms with van der Waals surface area (Å²) in [6, 6.07) is 0. The van der Waals surface area contributed by atoms with Crippen molar-refractivity contribution < 1.29 is 14.8 Å². The highest BCUT2D eigenvalue weighted by atomic mass is 16.6. The maximum absolute atomic E-state index is 11.2. The molecule has 0 saturated carbocycles. The van der Waals surface area contributed by atoms with E-state index in [1.807, 2.05) is 20.8 Å². The van der Waals surface area contributed by atoms with Gasteiger partial charge in [0.15, 0.2) is 0 Å². The molecule has 1 heterocycles. The number of nitro groups is 1. The van der Waals surface area contributed by atoms with E-state index in [0.29, 0.717) is 6.42 Å². The van der Waals surface area contributed by atoms with Crippen LogP contribution in [0.2, 0.25) is 0 Å². The lowest BCUT2D eigenvalue weighted by molar-refractivity contribution is -0.384. The number of nitrogens with zero attached hydrogens (tertiary/aromatic N) is 3. The normalized spacial score (nSPS) is 13.0. The largest absolute Gasteiger partial charge is 0.481 e. The molecule has 0 aliphatic carbocycles. The third kappa shape index (κ3) is 4.52. The molecule has 0 saturated heterocycles. The van der Waals surface area contributed by atoms with E-state index in [4.69, 9.17) is 0 Å². The van der Waals surface area contributed by atoms with Gasteiger partial charge in [0.2, 0.25) is 5.82 Å². The molecule has 20 heavy (non-hydrogen) atoms. The van der Waals surface area contributed by atoms with Crippen LogP contribution < -0.4 is 5.32 Å². The predicted octanol–water partition coefficient (Wildman–Crippen LogP) is 1.88. The number of nitrogens with one attached hydrogen (secondary N) is 1. The molecule has 0 aliphatic heterocycles. The summed E-state index contributed by atoms with van der Waals surface area (Å²) >= 11 is 0. The summed E-state index contributed by atoms with van der Waals surface area (Å²) in [6.45, 7) is 5.95. The molecule has 1 rings (SSSR count). The van der Waals surface area contributed by atoms with Gasteiger partial charge >= 0.3 is 11.7 Å². The van der Waals surface area contributed by atoms with Crippen LogP contribution in [-0.2, 0) is 11.8 Å². The van der Waals surface area contributed by atoms with E-state index in [-0.39, 0.29) is 23.5 Å². The molecular formula is C12H20N4O4.